The van der Waals surface area contributed by atoms with Crippen molar-refractivity contribution in [3.05, 3.63) is 35.9 Å². The lowest BCUT2D eigenvalue weighted by atomic mass is 10.1. The number of nitrogens with zero attached hydrogens (tertiary/aromatic N) is 2. The van der Waals surface area contributed by atoms with Crippen LogP contribution in [-0.4, -0.2) is 40.0 Å². The number of thiocarbonyl (C=S) groups is 1. The average molecular weight is 260 g/mol. The minimum atomic E-state index is 0.0354. The van der Waals surface area contributed by atoms with E-state index in [1.807, 2.05) is 18.2 Å². The standard InChI is InChI=1S/C14H16N2OS/c17-13-12-7-4-9-15(12)14(18)16(13)10-8-11-5-2-1-3-6-11/h1-3,5-6,12H,4,7-10H2. The van der Waals surface area contributed by atoms with Gasteiger partial charge in [-0.2, -0.15) is 0 Å². The van der Waals surface area contributed by atoms with E-state index in [1.54, 1.807) is 4.90 Å². The van der Waals surface area contributed by atoms with Gasteiger partial charge in [-0.25, -0.2) is 0 Å². The maximum Gasteiger partial charge on any atom is 0.251 e. The van der Waals surface area contributed by atoms with Crippen LogP contribution in [0, 0.1) is 0 Å². The summed E-state index contributed by atoms with van der Waals surface area (Å²) in [5.41, 5.74) is 1.25. The molecule has 0 aromatic heterocycles. The fourth-order valence-corrected chi connectivity index (χ4v) is 3.17. The molecule has 94 valence electrons. The van der Waals surface area contributed by atoms with Gasteiger partial charge in [0.05, 0.1) is 0 Å². The number of benzene rings is 1. The highest BCUT2D eigenvalue weighted by Crippen LogP contribution is 2.27. The van der Waals surface area contributed by atoms with Crippen molar-refractivity contribution in [3.8, 4) is 0 Å². The molecule has 2 heterocycles. The summed E-state index contributed by atoms with van der Waals surface area (Å²) in [6, 6.07) is 10.3. The first kappa shape index (κ1) is 11.7. The van der Waals surface area contributed by atoms with E-state index >= 15 is 0 Å². The average Bonchev–Trinajstić information content (AvgIpc) is 2.95. The normalized spacial score (nSPS) is 22.8. The van der Waals surface area contributed by atoms with E-state index in [0.717, 1.165) is 30.9 Å². The second kappa shape index (κ2) is 4.69. The van der Waals surface area contributed by atoms with Crippen molar-refractivity contribution in [1.29, 1.82) is 0 Å². The van der Waals surface area contributed by atoms with Crippen LogP contribution in [0.2, 0.25) is 0 Å². The topological polar surface area (TPSA) is 23.6 Å². The van der Waals surface area contributed by atoms with Crippen LogP contribution in [0.25, 0.3) is 0 Å². The SMILES string of the molecule is O=C1C2CCCN2C(=S)N1CCc1ccccc1. The van der Waals surface area contributed by atoms with Crippen LogP contribution in [0.4, 0.5) is 0 Å². The predicted octanol–water partition coefficient (Wildman–Crippen LogP) is 1.82. The number of carbonyl (C=O) groups is 1. The van der Waals surface area contributed by atoms with Gasteiger partial charge in [0, 0.05) is 13.1 Å². The Labute approximate surface area is 112 Å². The highest BCUT2D eigenvalue weighted by Gasteiger charge is 2.44. The number of hydrogen-bond donors (Lipinski definition) is 0. The lowest BCUT2D eigenvalue weighted by Gasteiger charge is -2.18. The quantitative estimate of drug-likeness (QED) is 0.775. The van der Waals surface area contributed by atoms with Gasteiger partial charge in [-0.15, -0.1) is 0 Å². The number of amides is 1. The Hall–Kier alpha value is -1.42. The van der Waals surface area contributed by atoms with Crippen molar-refractivity contribution in [2.75, 3.05) is 13.1 Å². The summed E-state index contributed by atoms with van der Waals surface area (Å²) in [7, 11) is 0. The fraction of sp³-hybridized carbons (Fsp3) is 0.429. The van der Waals surface area contributed by atoms with Crippen molar-refractivity contribution in [1.82, 2.24) is 9.80 Å². The summed E-state index contributed by atoms with van der Waals surface area (Å²) in [6.07, 6.45) is 2.91. The van der Waals surface area contributed by atoms with Crippen LogP contribution in [-0.2, 0) is 11.2 Å². The molecule has 2 fully saturated rings. The van der Waals surface area contributed by atoms with Crippen LogP contribution in [0.15, 0.2) is 30.3 Å². The predicted molar refractivity (Wildman–Crippen MR) is 74.2 cm³/mol. The van der Waals surface area contributed by atoms with Crippen LogP contribution >= 0.6 is 12.2 Å². The summed E-state index contributed by atoms with van der Waals surface area (Å²) >= 11 is 5.40. The maximum absolute atomic E-state index is 12.2. The Kier molecular flexibility index (Phi) is 3.04. The maximum atomic E-state index is 12.2. The molecular formula is C14H16N2OS. The number of fused-ring (bicyclic) bond motifs is 1. The molecule has 1 unspecified atom stereocenters. The first-order valence-corrected chi connectivity index (χ1v) is 6.84. The van der Waals surface area contributed by atoms with Gasteiger partial charge >= 0.3 is 0 Å². The smallest absolute Gasteiger partial charge is 0.251 e. The van der Waals surface area contributed by atoms with E-state index in [2.05, 4.69) is 17.0 Å². The van der Waals surface area contributed by atoms with E-state index in [1.165, 1.54) is 5.56 Å². The molecule has 0 aliphatic carbocycles. The molecule has 2 aliphatic heterocycles. The van der Waals surface area contributed by atoms with E-state index in [-0.39, 0.29) is 11.9 Å². The molecule has 0 N–H and O–H groups in total. The summed E-state index contributed by atoms with van der Waals surface area (Å²) in [5, 5.41) is 0.735. The monoisotopic (exact) mass is 260 g/mol. The lowest BCUT2D eigenvalue weighted by Crippen LogP contribution is -2.34. The Bertz CT molecular complexity index is 452. The molecule has 1 aromatic carbocycles. The van der Waals surface area contributed by atoms with Crippen molar-refractivity contribution >= 4 is 23.2 Å². The summed E-state index contributed by atoms with van der Waals surface area (Å²) in [5.74, 6) is 0.202. The molecule has 3 nitrogen and oxygen atoms in total. The molecule has 18 heavy (non-hydrogen) atoms. The largest absolute Gasteiger partial charge is 0.337 e. The Morgan fingerprint density at radius 2 is 2.06 bits per heavy atom. The van der Waals surface area contributed by atoms with Gasteiger partial charge < -0.3 is 4.90 Å². The second-order valence-electron chi connectivity index (χ2n) is 4.86. The second-order valence-corrected chi connectivity index (χ2v) is 5.22. The zero-order chi connectivity index (χ0) is 12.5. The molecule has 0 radical (unpaired) electrons. The van der Waals surface area contributed by atoms with Crippen LogP contribution in [0.1, 0.15) is 18.4 Å². The van der Waals surface area contributed by atoms with E-state index < -0.39 is 0 Å². The van der Waals surface area contributed by atoms with Crippen LogP contribution < -0.4 is 0 Å². The molecule has 0 spiro atoms. The van der Waals surface area contributed by atoms with Gasteiger partial charge in [0.1, 0.15) is 6.04 Å². The molecule has 1 amide bonds. The minimum Gasteiger partial charge on any atom is -0.337 e. The summed E-state index contributed by atoms with van der Waals surface area (Å²) < 4.78 is 0. The van der Waals surface area contributed by atoms with Gasteiger partial charge in [0.15, 0.2) is 5.11 Å². The Balaban J connectivity index is 1.67. The molecule has 4 heteroatoms. The number of rotatable bonds is 3. The molecule has 3 rings (SSSR count). The molecule has 1 aromatic rings. The van der Waals surface area contributed by atoms with Crippen molar-refractivity contribution in [3.63, 3.8) is 0 Å². The molecule has 1 atom stereocenters. The fourth-order valence-electron chi connectivity index (χ4n) is 2.77. The Morgan fingerprint density at radius 1 is 1.28 bits per heavy atom. The van der Waals surface area contributed by atoms with Crippen molar-refractivity contribution in [2.24, 2.45) is 0 Å². The molecule has 2 aliphatic rings. The lowest BCUT2D eigenvalue weighted by molar-refractivity contribution is -0.127. The first-order valence-electron chi connectivity index (χ1n) is 6.43. The highest BCUT2D eigenvalue weighted by atomic mass is 32.1. The van der Waals surface area contributed by atoms with Gasteiger partial charge in [0.25, 0.3) is 5.91 Å². The summed E-state index contributed by atoms with van der Waals surface area (Å²) in [6.45, 7) is 1.64. The molecule has 2 saturated heterocycles. The van der Waals surface area contributed by atoms with Gasteiger partial charge in [-0.05, 0) is 37.0 Å². The third-order valence-corrected chi connectivity index (χ3v) is 4.20. The van der Waals surface area contributed by atoms with E-state index in [0.29, 0.717) is 6.54 Å². The zero-order valence-electron chi connectivity index (χ0n) is 10.2. The minimum absolute atomic E-state index is 0.0354. The Morgan fingerprint density at radius 3 is 2.78 bits per heavy atom. The number of hydrogen-bond acceptors (Lipinski definition) is 2. The van der Waals surface area contributed by atoms with Crippen molar-refractivity contribution in [2.45, 2.75) is 25.3 Å². The van der Waals surface area contributed by atoms with Gasteiger partial charge in [-0.1, -0.05) is 30.3 Å². The molecule has 0 bridgehead atoms. The van der Waals surface area contributed by atoms with Gasteiger partial charge in [0.2, 0.25) is 0 Å². The highest BCUT2D eigenvalue weighted by molar-refractivity contribution is 7.80. The van der Waals surface area contributed by atoms with Gasteiger partial charge in [-0.3, -0.25) is 9.69 Å². The third kappa shape index (κ3) is 1.90. The van der Waals surface area contributed by atoms with Crippen molar-refractivity contribution < 1.29 is 4.79 Å². The molecule has 0 saturated carbocycles. The number of carbonyl (C=O) groups excluding carboxylic acids is 1. The third-order valence-electron chi connectivity index (χ3n) is 3.75. The first-order chi connectivity index (χ1) is 8.77. The zero-order valence-corrected chi connectivity index (χ0v) is 11.0. The summed E-state index contributed by atoms with van der Waals surface area (Å²) in [4.78, 5) is 16.1. The van der Waals surface area contributed by atoms with E-state index in [9.17, 15) is 4.79 Å². The molecular weight excluding hydrogens is 244 g/mol. The van der Waals surface area contributed by atoms with Crippen LogP contribution in [0.5, 0.6) is 0 Å². The van der Waals surface area contributed by atoms with E-state index in [4.69, 9.17) is 12.2 Å². The van der Waals surface area contributed by atoms with Crippen LogP contribution in [0.3, 0.4) is 0 Å².